The second-order valence-electron chi connectivity index (χ2n) is 14.9. The first-order valence-corrected chi connectivity index (χ1v) is 22.1. The van der Waals surface area contributed by atoms with Crippen molar-refractivity contribution in [2.45, 2.75) is 140 Å². The highest BCUT2D eigenvalue weighted by Crippen LogP contribution is 2.46. The van der Waals surface area contributed by atoms with Crippen LogP contribution in [0.2, 0.25) is 0 Å². The van der Waals surface area contributed by atoms with Crippen molar-refractivity contribution in [3.63, 3.8) is 0 Å². The molecule has 318 valence electrons. The molecule has 17 heteroatoms. The van der Waals surface area contributed by atoms with Crippen LogP contribution in [-0.2, 0) is 28.7 Å². The number of fused-ring (bicyclic) bond motifs is 1. The summed E-state index contributed by atoms with van der Waals surface area (Å²) in [5.41, 5.74) is 4.41. The van der Waals surface area contributed by atoms with Gasteiger partial charge in [0.15, 0.2) is 5.82 Å². The molecule has 1 amide bonds. The Balaban J connectivity index is 1.21. The SMILES string of the molecule is CCCCCCCCCCCCCCCCCCOC[C@H](COP(=O)(O)OC[C@H]1O[C@@](C#N)(c2ccc3c(N)ncnn23)[C@H](O)[C@@H]1O)NC(=O)c1ccccc1C#N. The number of nitrogens with two attached hydrogens (primary N) is 1. The Bertz CT molecular complexity index is 1850. The summed E-state index contributed by atoms with van der Waals surface area (Å²) in [5, 5.41) is 48.2. The fourth-order valence-corrected chi connectivity index (χ4v) is 7.87. The lowest BCUT2D eigenvalue weighted by Gasteiger charge is -2.24. The van der Waals surface area contributed by atoms with Gasteiger partial charge < -0.3 is 35.6 Å². The first-order valence-electron chi connectivity index (χ1n) is 20.6. The molecule has 1 aliphatic heterocycles. The molecule has 1 fully saturated rings. The third kappa shape index (κ3) is 13.5. The summed E-state index contributed by atoms with van der Waals surface area (Å²) >= 11 is 0. The summed E-state index contributed by atoms with van der Waals surface area (Å²) < 4.78 is 36.3. The van der Waals surface area contributed by atoms with Crippen molar-refractivity contribution in [2.24, 2.45) is 0 Å². The lowest BCUT2D eigenvalue weighted by atomic mass is 9.92. The number of hydrogen-bond acceptors (Lipinski definition) is 13. The van der Waals surface area contributed by atoms with Crippen LogP contribution in [-0.4, -0.2) is 86.4 Å². The average Bonchev–Trinajstić information content (AvgIpc) is 3.77. The summed E-state index contributed by atoms with van der Waals surface area (Å²) in [6.45, 7) is 1.34. The van der Waals surface area contributed by atoms with Gasteiger partial charge >= 0.3 is 7.82 Å². The number of hydrogen-bond donors (Lipinski definition) is 5. The summed E-state index contributed by atoms with van der Waals surface area (Å²) in [6.07, 6.45) is 16.1. The van der Waals surface area contributed by atoms with E-state index in [1.165, 1.54) is 112 Å². The van der Waals surface area contributed by atoms with Crippen LogP contribution in [0.5, 0.6) is 0 Å². The number of aromatic nitrogens is 3. The van der Waals surface area contributed by atoms with Gasteiger partial charge in [0.05, 0.1) is 48.8 Å². The third-order valence-electron chi connectivity index (χ3n) is 10.4. The van der Waals surface area contributed by atoms with Gasteiger partial charge in [0, 0.05) is 6.61 Å². The number of phosphoric ester groups is 1. The van der Waals surface area contributed by atoms with Gasteiger partial charge in [0.1, 0.15) is 36.2 Å². The molecule has 0 spiro atoms. The van der Waals surface area contributed by atoms with E-state index >= 15 is 0 Å². The zero-order valence-corrected chi connectivity index (χ0v) is 34.4. The molecule has 3 aromatic rings. The van der Waals surface area contributed by atoms with Gasteiger partial charge in [0.2, 0.25) is 5.60 Å². The van der Waals surface area contributed by atoms with Crippen molar-refractivity contribution < 1.29 is 43.0 Å². The second kappa shape index (κ2) is 24.2. The molecule has 58 heavy (non-hydrogen) atoms. The predicted molar refractivity (Wildman–Crippen MR) is 216 cm³/mol. The van der Waals surface area contributed by atoms with E-state index in [2.05, 4.69) is 22.3 Å². The largest absolute Gasteiger partial charge is 0.472 e. The first kappa shape index (κ1) is 46.7. The Kier molecular flexibility index (Phi) is 19.5. The van der Waals surface area contributed by atoms with Crippen LogP contribution in [0.15, 0.2) is 42.7 Å². The van der Waals surface area contributed by atoms with Crippen LogP contribution in [0.3, 0.4) is 0 Å². The van der Waals surface area contributed by atoms with Gasteiger partial charge in [-0.3, -0.25) is 13.8 Å². The van der Waals surface area contributed by atoms with E-state index < -0.39 is 56.9 Å². The van der Waals surface area contributed by atoms with Crippen LogP contribution >= 0.6 is 7.82 Å². The summed E-state index contributed by atoms with van der Waals surface area (Å²) in [6, 6.07) is 12.2. The third-order valence-corrected chi connectivity index (χ3v) is 11.4. The van der Waals surface area contributed by atoms with Crippen molar-refractivity contribution in [1.29, 1.82) is 10.5 Å². The van der Waals surface area contributed by atoms with Crippen LogP contribution < -0.4 is 11.1 Å². The molecule has 6 atom stereocenters. The van der Waals surface area contributed by atoms with Gasteiger partial charge in [-0.2, -0.15) is 15.6 Å². The maximum atomic E-state index is 13.2. The topological polar surface area (TPSA) is 248 Å². The average molecular weight is 826 g/mol. The highest BCUT2D eigenvalue weighted by atomic mass is 31.2. The number of ether oxygens (including phenoxy) is 2. The normalized spacial score (nSPS) is 20.7. The monoisotopic (exact) mass is 825 g/mol. The van der Waals surface area contributed by atoms with Crippen molar-refractivity contribution >= 4 is 25.1 Å². The maximum absolute atomic E-state index is 13.2. The molecule has 1 unspecified atom stereocenters. The molecule has 1 saturated heterocycles. The zero-order valence-electron chi connectivity index (χ0n) is 33.5. The number of benzene rings is 1. The Morgan fingerprint density at radius 1 is 0.948 bits per heavy atom. The number of rotatable bonds is 28. The van der Waals surface area contributed by atoms with Gasteiger partial charge in [-0.05, 0) is 30.7 Å². The predicted octanol–water partition coefficient (Wildman–Crippen LogP) is 6.23. The van der Waals surface area contributed by atoms with Crippen molar-refractivity contribution in [3.05, 3.63) is 59.5 Å². The molecule has 1 aliphatic rings. The molecule has 6 N–H and O–H groups in total. The zero-order chi connectivity index (χ0) is 41.8. The Morgan fingerprint density at radius 3 is 2.19 bits per heavy atom. The number of aliphatic hydroxyl groups is 2. The second-order valence-corrected chi connectivity index (χ2v) is 16.3. The molecule has 3 heterocycles. The number of anilines is 1. The number of nitrogens with one attached hydrogen (secondary N) is 1. The number of carbonyl (C=O) groups excluding carboxylic acids is 1. The highest BCUT2D eigenvalue weighted by Gasteiger charge is 2.58. The number of amides is 1. The van der Waals surface area contributed by atoms with Crippen molar-refractivity contribution in [1.82, 2.24) is 19.9 Å². The van der Waals surface area contributed by atoms with E-state index in [9.17, 15) is 35.0 Å². The molecule has 0 aliphatic carbocycles. The molecule has 4 rings (SSSR count). The standard InChI is InChI=1S/C41H60N7O9P/c1-2-3-4-5-6-7-8-9-10-11-12-13-14-15-16-19-24-54-26-32(47-40(51)33-21-18-17-20-31(33)25-42)27-55-58(52,53)56-28-35-37(49)38(50)41(29-43,57-35)36-23-22-34-39(44)45-30-46-48(34)36/h17-18,20-23,30,32,35,37-38,49-50H,2-16,19,24,26-28H2,1H3,(H,47,51)(H,52,53)(H2,44,45,46)/t32-,35-,37-,38-,41+/m1/s1. The van der Waals surface area contributed by atoms with Crippen molar-refractivity contribution in [2.75, 3.05) is 32.2 Å². The van der Waals surface area contributed by atoms with E-state index in [0.717, 1.165) is 25.6 Å². The van der Waals surface area contributed by atoms with Gasteiger partial charge in [-0.15, -0.1) is 0 Å². The lowest BCUT2D eigenvalue weighted by molar-refractivity contribution is -0.0645. The number of nitriles is 2. The van der Waals surface area contributed by atoms with E-state index in [4.69, 9.17) is 24.3 Å². The Labute approximate surface area is 341 Å². The number of nitrogen functional groups attached to an aromatic ring is 1. The minimum absolute atomic E-state index is 0.0488. The molecule has 0 saturated carbocycles. The van der Waals surface area contributed by atoms with E-state index in [1.807, 2.05) is 12.1 Å². The van der Waals surface area contributed by atoms with Crippen LogP contribution in [0.25, 0.3) is 5.52 Å². The van der Waals surface area contributed by atoms with Crippen LogP contribution in [0, 0.1) is 22.7 Å². The molecule has 0 bridgehead atoms. The smallest absolute Gasteiger partial charge is 0.387 e. The minimum atomic E-state index is -4.87. The van der Waals surface area contributed by atoms with Crippen LogP contribution in [0.1, 0.15) is 131 Å². The molecular weight excluding hydrogens is 765 g/mol. The molecule has 1 aromatic carbocycles. The fourth-order valence-electron chi connectivity index (χ4n) is 7.09. The number of nitrogens with zero attached hydrogens (tertiary/aromatic N) is 5. The van der Waals surface area contributed by atoms with E-state index in [1.54, 1.807) is 12.1 Å². The summed E-state index contributed by atoms with van der Waals surface area (Å²) in [7, 11) is -4.87. The van der Waals surface area contributed by atoms with Crippen molar-refractivity contribution in [3.8, 4) is 12.1 Å². The maximum Gasteiger partial charge on any atom is 0.472 e. The fraction of sp³-hybridized carbons (Fsp3) is 0.634. The summed E-state index contributed by atoms with van der Waals surface area (Å²) in [4.78, 5) is 27.7. The minimum Gasteiger partial charge on any atom is -0.387 e. The molecule has 0 radical (unpaired) electrons. The van der Waals surface area contributed by atoms with Gasteiger partial charge in [0.25, 0.3) is 5.91 Å². The summed E-state index contributed by atoms with van der Waals surface area (Å²) in [5.74, 6) is -0.491. The Morgan fingerprint density at radius 2 is 1.57 bits per heavy atom. The van der Waals surface area contributed by atoms with Gasteiger partial charge in [-0.1, -0.05) is 115 Å². The number of carbonyl (C=O) groups is 1. The van der Waals surface area contributed by atoms with E-state index in [-0.39, 0.29) is 29.2 Å². The Hall–Kier alpha value is -3.96. The van der Waals surface area contributed by atoms with Crippen LogP contribution in [0.4, 0.5) is 5.82 Å². The molecule has 2 aromatic heterocycles. The molecular formula is C41H60N7O9P. The number of phosphoric acid groups is 1. The number of unbranched alkanes of at least 4 members (excludes halogenated alkanes) is 15. The number of aliphatic hydroxyl groups excluding tert-OH is 2. The van der Waals surface area contributed by atoms with E-state index in [0.29, 0.717) is 12.1 Å². The lowest BCUT2D eigenvalue weighted by Crippen LogP contribution is -2.42. The highest BCUT2D eigenvalue weighted by molar-refractivity contribution is 7.47. The molecule has 16 nitrogen and oxygen atoms in total. The quantitative estimate of drug-likeness (QED) is 0.0402. The van der Waals surface area contributed by atoms with Gasteiger partial charge in [-0.25, -0.2) is 14.1 Å². The first-order chi connectivity index (χ1) is 28.1.